The van der Waals surface area contributed by atoms with Crippen molar-refractivity contribution in [1.29, 1.82) is 0 Å². The Kier molecular flexibility index (Phi) is 4.63. The monoisotopic (exact) mass is 438 g/mol. The summed E-state index contributed by atoms with van der Waals surface area (Å²) in [7, 11) is -3.79. The van der Waals surface area contributed by atoms with E-state index in [9.17, 15) is 13.2 Å². The Balaban J connectivity index is 1.47. The summed E-state index contributed by atoms with van der Waals surface area (Å²) >= 11 is 0. The van der Waals surface area contributed by atoms with Gasteiger partial charge in [0.1, 0.15) is 11.5 Å². The first-order valence-corrected chi connectivity index (χ1v) is 11.6. The molecule has 1 aromatic heterocycles. The minimum absolute atomic E-state index is 0.0471. The number of sulfonamides is 1. The third-order valence-corrected chi connectivity index (χ3v) is 7.10. The zero-order valence-electron chi connectivity index (χ0n) is 16.6. The van der Waals surface area contributed by atoms with Gasteiger partial charge in [0.05, 0.1) is 16.5 Å². The van der Waals surface area contributed by atoms with Gasteiger partial charge in [0.15, 0.2) is 5.82 Å². The smallest absolute Gasteiger partial charge is 0.238 e. The topological polar surface area (TPSA) is 153 Å². The van der Waals surface area contributed by atoms with Gasteiger partial charge in [-0.3, -0.25) is 9.79 Å². The van der Waals surface area contributed by atoms with Gasteiger partial charge < -0.3 is 11.1 Å². The average Bonchev–Trinajstić information content (AvgIpc) is 3.43. The molecule has 1 saturated carbocycles. The van der Waals surface area contributed by atoms with Gasteiger partial charge in [0.25, 0.3) is 0 Å². The summed E-state index contributed by atoms with van der Waals surface area (Å²) in [6, 6.07) is 6.29. The molecule has 10 heteroatoms. The van der Waals surface area contributed by atoms with E-state index < -0.39 is 10.0 Å². The maximum Gasteiger partial charge on any atom is 0.238 e. The number of allylic oxidation sites excluding steroid dienone is 1. The molecule has 3 aliphatic rings. The maximum absolute atomic E-state index is 12.1. The lowest BCUT2D eigenvalue weighted by Crippen LogP contribution is -2.41. The SMILES string of the molecule is NC(=O)C1C2C=CC(C2)C1Nc1nc(Cc2cccc(S(N)(=O)=O)c2)nc2c1N=CC2. The first-order valence-electron chi connectivity index (χ1n) is 10.1. The third-order valence-electron chi connectivity index (χ3n) is 6.19. The van der Waals surface area contributed by atoms with E-state index in [1.165, 1.54) is 12.1 Å². The summed E-state index contributed by atoms with van der Waals surface area (Å²) in [6.07, 6.45) is 7.81. The number of anilines is 1. The van der Waals surface area contributed by atoms with Gasteiger partial charge in [-0.1, -0.05) is 24.3 Å². The van der Waals surface area contributed by atoms with E-state index in [0.29, 0.717) is 30.2 Å². The molecule has 4 unspecified atom stereocenters. The van der Waals surface area contributed by atoms with Crippen LogP contribution < -0.4 is 16.2 Å². The Hall–Kier alpha value is -3.11. The van der Waals surface area contributed by atoms with Crippen molar-refractivity contribution in [3.63, 3.8) is 0 Å². The lowest BCUT2D eigenvalue weighted by Gasteiger charge is -2.27. The van der Waals surface area contributed by atoms with Gasteiger partial charge >= 0.3 is 0 Å². The Morgan fingerprint density at radius 3 is 2.77 bits per heavy atom. The van der Waals surface area contributed by atoms with E-state index in [4.69, 9.17) is 10.9 Å². The van der Waals surface area contributed by atoms with Gasteiger partial charge in [0.2, 0.25) is 15.9 Å². The van der Waals surface area contributed by atoms with Crippen molar-refractivity contribution in [1.82, 2.24) is 9.97 Å². The molecular weight excluding hydrogens is 416 g/mol. The first kappa shape index (κ1) is 19.8. The van der Waals surface area contributed by atoms with Crippen LogP contribution in [-0.4, -0.2) is 36.5 Å². The molecule has 160 valence electrons. The van der Waals surface area contributed by atoms with Crippen LogP contribution in [-0.2, 0) is 27.7 Å². The van der Waals surface area contributed by atoms with Crippen molar-refractivity contribution >= 4 is 33.7 Å². The molecule has 0 saturated heterocycles. The van der Waals surface area contributed by atoms with Crippen molar-refractivity contribution in [2.75, 3.05) is 5.32 Å². The number of benzene rings is 1. The number of nitrogens with zero attached hydrogens (tertiary/aromatic N) is 3. The largest absolute Gasteiger partial charge is 0.369 e. The fraction of sp³-hybridized carbons (Fsp3) is 0.333. The molecule has 2 bridgehead atoms. The summed E-state index contributed by atoms with van der Waals surface area (Å²) in [6.45, 7) is 0. The second-order valence-corrected chi connectivity index (χ2v) is 9.78. The quantitative estimate of drug-likeness (QED) is 0.573. The number of nitrogens with one attached hydrogen (secondary N) is 1. The molecule has 1 amide bonds. The molecule has 1 aromatic carbocycles. The fourth-order valence-electron chi connectivity index (χ4n) is 4.81. The summed E-state index contributed by atoms with van der Waals surface area (Å²) in [5, 5.41) is 8.68. The standard InChI is InChI=1S/C21H22N6O3S/c22-20(28)17-12-4-5-13(10-12)18(17)27-21-19-15(6-7-24-19)25-16(26-21)9-11-2-1-3-14(8-11)31(23,29)30/h1-5,7-8,12-13,17-18H,6,9-10H2,(H2,22,28)(H2,23,29,30)(H,25,26,27). The molecule has 1 aliphatic heterocycles. The van der Waals surface area contributed by atoms with Crippen LogP contribution in [0.5, 0.6) is 0 Å². The highest BCUT2D eigenvalue weighted by molar-refractivity contribution is 7.89. The van der Waals surface area contributed by atoms with Crippen molar-refractivity contribution in [3.8, 4) is 0 Å². The van der Waals surface area contributed by atoms with Crippen LogP contribution in [0, 0.1) is 17.8 Å². The average molecular weight is 439 g/mol. The molecule has 2 aromatic rings. The number of primary amides is 1. The number of amides is 1. The van der Waals surface area contributed by atoms with Crippen molar-refractivity contribution < 1.29 is 13.2 Å². The number of nitrogens with two attached hydrogens (primary N) is 2. The number of carbonyl (C=O) groups excluding carboxylic acids is 1. The van der Waals surface area contributed by atoms with E-state index in [1.54, 1.807) is 18.3 Å². The zero-order chi connectivity index (χ0) is 21.8. The minimum atomic E-state index is -3.79. The highest BCUT2D eigenvalue weighted by Gasteiger charge is 2.47. The summed E-state index contributed by atoms with van der Waals surface area (Å²) in [4.78, 5) is 25.8. The molecule has 5 rings (SSSR count). The van der Waals surface area contributed by atoms with Crippen molar-refractivity contribution in [2.24, 2.45) is 33.6 Å². The van der Waals surface area contributed by atoms with Crippen LogP contribution in [0.15, 0.2) is 46.3 Å². The predicted molar refractivity (Wildman–Crippen MR) is 115 cm³/mol. The van der Waals surface area contributed by atoms with Crippen LogP contribution >= 0.6 is 0 Å². The number of hydrogen-bond donors (Lipinski definition) is 3. The van der Waals surface area contributed by atoms with Crippen LogP contribution in [0.25, 0.3) is 0 Å². The summed E-state index contributed by atoms with van der Waals surface area (Å²) in [5.74, 6) is 0.873. The molecular formula is C21H22N6O3S. The molecule has 4 atom stereocenters. The minimum Gasteiger partial charge on any atom is -0.369 e. The Morgan fingerprint density at radius 1 is 1.19 bits per heavy atom. The fourth-order valence-corrected chi connectivity index (χ4v) is 5.40. The number of aliphatic imine (C=N–C) groups is 1. The Morgan fingerprint density at radius 2 is 2.00 bits per heavy atom. The lowest BCUT2D eigenvalue weighted by atomic mass is 9.88. The summed E-state index contributed by atoms with van der Waals surface area (Å²) in [5.41, 5.74) is 7.89. The number of carbonyl (C=O) groups is 1. The van der Waals surface area contributed by atoms with Crippen molar-refractivity contribution in [3.05, 3.63) is 53.5 Å². The predicted octanol–water partition coefficient (Wildman–Crippen LogP) is 1.06. The van der Waals surface area contributed by atoms with Gasteiger partial charge in [-0.2, -0.15) is 0 Å². The number of rotatable bonds is 6. The number of primary sulfonamides is 1. The molecule has 9 nitrogen and oxygen atoms in total. The van der Waals surface area contributed by atoms with Gasteiger partial charge in [-0.15, -0.1) is 0 Å². The summed E-state index contributed by atoms with van der Waals surface area (Å²) < 4.78 is 23.3. The molecule has 5 N–H and O–H groups in total. The van der Waals surface area contributed by atoms with E-state index in [1.807, 2.05) is 0 Å². The van der Waals surface area contributed by atoms with Crippen LogP contribution in [0.1, 0.15) is 23.5 Å². The zero-order valence-corrected chi connectivity index (χ0v) is 17.4. The Bertz CT molecular complexity index is 1240. The van der Waals surface area contributed by atoms with E-state index >= 15 is 0 Å². The second kappa shape index (κ2) is 7.24. The van der Waals surface area contributed by atoms with Crippen molar-refractivity contribution in [2.45, 2.75) is 30.2 Å². The third kappa shape index (κ3) is 3.61. The first-order chi connectivity index (χ1) is 14.8. The lowest BCUT2D eigenvalue weighted by molar-refractivity contribution is -0.122. The number of fused-ring (bicyclic) bond motifs is 3. The molecule has 1 fully saturated rings. The van der Waals surface area contributed by atoms with E-state index in [0.717, 1.165) is 17.7 Å². The van der Waals surface area contributed by atoms with E-state index in [2.05, 4.69) is 32.4 Å². The highest BCUT2D eigenvalue weighted by Crippen LogP contribution is 2.45. The van der Waals surface area contributed by atoms with Gasteiger partial charge in [0, 0.05) is 25.1 Å². The van der Waals surface area contributed by atoms with Crippen LogP contribution in [0.4, 0.5) is 11.5 Å². The number of aromatic nitrogens is 2. The molecule has 0 spiro atoms. The Labute approximate surface area is 179 Å². The molecule has 0 radical (unpaired) electrons. The van der Waals surface area contributed by atoms with Crippen LogP contribution in [0.2, 0.25) is 0 Å². The highest BCUT2D eigenvalue weighted by atomic mass is 32.2. The molecule has 2 aliphatic carbocycles. The second-order valence-electron chi connectivity index (χ2n) is 8.22. The van der Waals surface area contributed by atoms with Gasteiger partial charge in [-0.05, 0) is 36.0 Å². The molecule has 31 heavy (non-hydrogen) atoms. The number of hydrogen-bond acceptors (Lipinski definition) is 7. The maximum atomic E-state index is 12.1. The van der Waals surface area contributed by atoms with E-state index in [-0.39, 0.29) is 34.6 Å². The van der Waals surface area contributed by atoms with Gasteiger partial charge in [-0.25, -0.2) is 23.5 Å². The normalized spacial score (nSPS) is 25.7. The van der Waals surface area contributed by atoms with Crippen LogP contribution in [0.3, 0.4) is 0 Å². The molecule has 2 heterocycles.